The first kappa shape index (κ1) is 28.3. The highest BCUT2D eigenvalue weighted by Crippen LogP contribution is 2.41. The van der Waals surface area contributed by atoms with E-state index in [4.69, 9.17) is 27.9 Å². The highest BCUT2D eigenvalue weighted by Gasteiger charge is 2.21. The fraction of sp³-hybridized carbons (Fsp3) is 0.148. The van der Waals surface area contributed by atoms with Gasteiger partial charge < -0.3 is 15.2 Å². The number of amides is 1. The Labute approximate surface area is 234 Å². The average Bonchev–Trinajstić information content (AvgIpc) is 2.89. The van der Waals surface area contributed by atoms with Gasteiger partial charge in [0.15, 0.2) is 5.75 Å². The van der Waals surface area contributed by atoms with Gasteiger partial charge in [0.2, 0.25) is 0 Å². The zero-order chi connectivity index (χ0) is 28.3. The monoisotopic (exact) mass is 587 g/mol. The SMILES string of the molecule is CCOc1ccc(NC(=O)c2cc3ccccc3c(N=Nc3ccc(S(=O)(=O)O)c(CC)c3Cl)c2O)c(Cl)c1. The molecule has 0 atom stereocenters. The molecule has 4 aromatic rings. The number of phenols is 1. The molecule has 39 heavy (non-hydrogen) atoms. The van der Waals surface area contributed by atoms with E-state index in [1.807, 2.05) is 6.92 Å². The number of hydrogen-bond donors (Lipinski definition) is 3. The Balaban J connectivity index is 1.76. The number of ether oxygens (including phenoxy) is 1. The predicted octanol–water partition coefficient (Wildman–Crippen LogP) is 7.73. The third kappa shape index (κ3) is 5.99. The third-order valence-corrected chi connectivity index (χ3v) is 7.48. The van der Waals surface area contributed by atoms with Crippen LogP contribution in [0, 0.1) is 0 Å². The number of carbonyl (C=O) groups is 1. The summed E-state index contributed by atoms with van der Waals surface area (Å²) in [5.74, 6) is -0.519. The van der Waals surface area contributed by atoms with Crippen molar-refractivity contribution in [2.75, 3.05) is 11.9 Å². The van der Waals surface area contributed by atoms with Gasteiger partial charge in [0.1, 0.15) is 17.1 Å². The van der Waals surface area contributed by atoms with Crippen LogP contribution in [-0.2, 0) is 16.5 Å². The summed E-state index contributed by atoms with van der Waals surface area (Å²) in [5, 5.41) is 23.5. The number of nitrogens with zero attached hydrogens (tertiary/aromatic N) is 2. The zero-order valence-corrected chi connectivity index (χ0v) is 23.1. The van der Waals surface area contributed by atoms with E-state index in [9.17, 15) is 22.9 Å². The second kappa shape index (κ2) is 11.6. The van der Waals surface area contributed by atoms with Gasteiger partial charge in [0, 0.05) is 11.5 Å². The maximum atomic E-state index is 13.2. The van der Waals surface area contributed by atoms with Crippen LogP contribution in [0.15, 0.2) is 75.8 Å². The van der Waals surface area contributed by atoms with Crippen LogP contribution < -0.4 is 10.1 Å². The van der Waals surface area contributed by atoms with E-state index in [-0.39, 0.29) is 43.9 Å². The topological polar surface area (TPSA) is 138 Å². The van der Waals surface area contributed by atoms with E-state index < -0.39 is 21.8 Å². The Bertz CT molecular complexity index is 1720. The average molecular weight is 588 g/mol. The number of halogens is 2. The maximum absolute atomic E-state index is 13.2. The number of rotatable bonds is 8. The highest BCUT2D eigenvalue weighted by atomic mass is 35.5. The van der Waals surface area contributed by atoms with Crippen molar-refractivity contribution in [3.05, 3.63) is 81.8 Å². The molecule has 0 unspecified atom stereocenters. The van der Waals surface area contributed by atoms with Crippen LogP contribution in [0.25, 0.3) is 10.8 Å². The number of fused-ring (bicyclic) bond motifs is 1. The molecule has 4 aromatic carbocycles. The maximum Gasteiger partial charge on any atom is 0.294 e. The molecule has 12 heteroatoms. The number of benzene rings is 4. The van der Waals surface area contributed by atoms with Crippen molar-refractivity contribution in [3.63, 3.8) is 0 Å². The standard InChI is InChI=1S/C27H23Cl2N3O6S/c1-3-17-23(39(35,36)37)12-11-22(24(17)29)31-32-25-18-8-6-5-7-15(18)13-19(26(25)33)27(34)30-21-10-9-16(38-4-2)14-20(21)28/h5-14,33H,3-4H2,1-2H3,(H,30,34)(H,35,36,37). The summed E-state index contributed by atoms with van der Waals surface area (Å²) in [6.45, 7) is 3.97. The normalized spacial score (nSPS) is 11.7. The van der Waals surface area contributed by atoms with Crippen molar-refractivity contribution >= 4 is 67.1 Å². The van der Waals surface area contributed by atoms with E-state index in [1.165, 1.54) is 18.2 Å². The lowest BCUT2D eigenvalue weighted by molar-refractivity contribution is 0.102. The van der Waals surface area contributed by atoms with Gasteiger partial charge in [-0.3, -0.25) is 9.35 Å². The quantitative estimate of drug-likeness (QED) is 0.142. The van der Waals surface area contributed by atoms with Crippen molar-refractivity contribution in [2.45, 2.75) is 25.2 Å². The lowest BCUT2D eigenvalue weighted by Gasteiger charge is -2.13. The molecule has 0 heterocycles. The number of hydrogen-bond acceptors (Lipinski definition) is 7. The zero-order valence-electron chi connectivity index (χ0n) is 20.8. The summed E-state index contributed by atoms with van der Waals surface area (Å²) in [4.78, 5) is 12.9. The summed E-state index contributed by atoms with van der Waals surface area (Å²) in [5.41, 5.74) is 0.530. The van der Waals surface area contributed by atoms with Gasteiger partial charge in [-0.2, -0.15) is 8.42 Å². The van der Waals surface area contributed by atoms with Gasteiger partial charge in [-0.05, 0) is 54.6 Å². The van der Waals surface area contributed by atoms with Crippen LogP contribution in [0.2, 0.25) is 10.0 Å². The number of azo groups is 1. The molecular formula is C27H23Cl2N3O6S. The van der Waals surface area contributed by atoms with Gasteiger partial charge in [-0.1, -0.05) is 54.4 Å². The van der Waals surface area contributed by atoms with Gasteiger partial charge >= 0.3 is 0 Å². The molecule has 0 aliphatic carbocycles. The van der Waals surface area contributed by atoms with Crippen LogP contribution in [0.1, 0.15) is 29.8 Å². The minimum Gasteiger partial charge on any atom is -0.505 e. The molecule has 0 saturated carbocycles. The molecule has 202 valence electrons. The van der Waals surface area contributed by atoms with Crippen molar-refractivity contribution in [1.29, 1.82) is 0 Å². The summed E-state index contributed by atoms with van der Waals surface area (Å²) in [6, 6.07) is 15.8. The van der Waals surface area contributed by atoms with Crippen molar-refractivity contribution in [2.24, 2.45) is 10.2 Å². The van der Waals surface area contributed by atoms with Crippen LogP contribution in [-0.4, -0.2) is 30.6 Å². The number of carbonyl (C=O) groups excluding carboxylic acids is 1. The molecule has 3 N–H and O–H groups in total. The molecule has 0 spiro atoms. The van der Waals surface area contributed by atoms with E-state index in [2.05, 4.69) is 15.5 Å². The molecule has 0 bridgehead atoms. The molecule has 0 fully saturated rings. The largest absolute Gasteiger partial charge is 0.505 e. The Morgan fingerprint density at radius 1 is 1.03 bits per heavy atom. The minimum absolute atomic E-state index is 0.00371. The molecule has 9 nitrogen and oxygen atoms in total. The summed E-state index contributed by atoms with van der Waals surface area (Å²) in [7, 11) is -4.49. The number of phenolic OH excluding ortho intramolecular Hbond substituents is 1. The Kier molecular flexibility index (Phi) is 8.41. The second-order valence-corrected chi connectivity index (χ2v) is 10.5. The first-order chi connectivity index (χ1) is 18.5. The van der Waals surface area contributed by atoms with E-state index >= 15 is 0 Å². The smallest absolute Gasteiger partial charge is 0.294 e. The van der Waals surface area contributed by atoms with Crippen LogP contribution in [0.5, 0.6) is 11.5 Å². The lowest BCUT2D eigenvalue weighted by atomic mass is 10.0. The summed E-state index contributed by atoms with van der Waals surface area (Å²) >= 11 is 12.7. The van der Waals surface area contributed by atoms with Crippen molar-refractivity contribution < 1.29 is 27.6 Å². The van der Waals surface area contributed by atoms with Crippen LogP contribution in [0.3, 0.4) is 0 Å². The van der Waals surface area contributed by atoms with Crippen molar-refractivity contribution in [3.8, 4) is 11.5 Å². The van der Waals surface area contributed by atoms with Crippen molar-refractivity contribution in [1.82, 2.24) is 0 Å². The molecular weight excluding hydrogens is 565 g/mol. The minimum atomic E-state index is -4.49. The van der Waals surface area contributed by atoms with E-state index in [1.54, 1.807) is 49.4 Å². The molecule has 4 rings (SSSR count). The molecule has 0 radical (unpaired) electrons. The molecule has 0 aliphatic rings. The molecule has 0 aliphatic heterocycles. The number of aromatic hydroxyl groups is 1. The van der Waals surface area contributed by atoms with Crippen LogP contribution >= 0.6 is 23.2 Å². The Morgan fingerprint density at radius 3 is 2.44 bits per heavy atom. The first-order valence-corrected chi connectivity index (χ1v) is 13.9. The second-order valence-electron chi connectivity index (χ2n) is 8.28. The van der Waals surface area contributed by atoms with Gasteiger partial charge in [-0.25, -0.2) is 0 Å². The predicted molar refractivity (Wildman–Crippen MR) is 151 cm³/mol. The lowest BCUT2D eigenvalue weighted by Crippen LogP contribution is -2.12. The Morgan fingerprint density at radius 2 is 1.77 bits per heavy atom. The Hall–Kier alpha value is -3.70. The molecule has 1 amide bonds. The molecule has 0 aromatic heterocycles. The van der Waals surface area contributed by atoms with Crippen LogP contribution in [0.4, 0.5) is 17.1 Å². The number of anilines is 1. The first-order valence-electron chi connectivity index (χ1n) is 11.7. The van der Waals surface area contributed by atoms with E-state index in [0.29, 0.717) is 28.8 Å². The van der Waals surface area contributed by atoms with E-state index in [0.717, 1.165) is 0 Å². The number of nitrogens with one attached hydrogen (secondary N) is 1. The van der Waals surface area contributed by atoms with Gasteiger partial charge in [0.05, 0.1) is 32.8 Å². The summed E-state index contributed by atoms with van der Waals surface area (Å²) < 4.78 is 38.3. The fourth-order valence-electron chi connectivity index (χ4n) is 3.98. The van der Waals surface area contributed by atoms with Gasteiger partial charge in [-0.15, -0.1) is 10.2 Å². The highest BCUT2D eigenvalue weighted by molar-refractivity contribution is 7.85. The fourth-order valence-corrected chi connectivity index (χ4v) is 5.39. The third-order valence-electron chi connectivity index (χ3n) is 5.81. The van der Waals surface area contributed by atoms with Gasteiger partial charge in [0.25, 0.3) is 16.0 Å². The summed E-state index contributed by atoms with van der Waals surface area (Å²) in [6.07, 6.45) is 0.204. The molecule has 0 saturated heterocycles.